The fourth-order valence-electron chi connectivity index (χ4n) is 4.76. The van der Waals surface area contributed by atoms with Gasteiger partial charge in [-0.2, -0.15) is 0 Å². The van der Waals surface area contributed by atoms with Gasteiger partial charge in [0.1, 0.15) is 0 Å². The van der Waals surface area contributed by atoms with E-state index in [-0.39, 0.29) is 0 Å². The average molecular weight is 723 g/mol. The molecule has 0 atom stereocenters. The number of aliphatic hydroxyl groups excluding tert-OH is 2. The van der Waals surface area contributed by atoms with Crippen LogP contribution in [-0.4, -0.2) is 251 Å². The Morgan fingerprint density at radius 3 is 1.08 bits per heavy atom. The third-order valence-electron chi connectivity index (χ3n) is 8.19. The summed E-state index contributed by atoms with van der Waals surface area (Å²) in [4.78, 5) is 17.9. The van der Waals surface area contributed by atoms with Crippen molar-refractivity contribution in [1.29, 1.82) is 0 Å². The van der Waals surface area contributed by atoms with Crippen LogP contribution < -0.4 is 11.5 Å². The number of nitrogens with zero attached hydrogens (tertiary/aromatic N) is 8. The molecule has 0 saturated carbocycles. The van der Waals surface area contributed by atoms with Gasteiger partial charge in [-0.1, -0.05) is 6.42 Å². The van der Waals surface area contributed by atoms with Gasteiger partial charge in [-0.05, 0) is 161 Å². The van der Waals surface area contributed by atoms with Gasteiger partial charge in [-0.15, -0.1) is 0 Å². The second-order valence-electron chi connectivity index (χ2n) is 14.6. The monoisotopic (exact) mass is 723 g/mol. The van der Waals surface area contributed by atoms with E-state index in [9.17, 15) is 0 Å². The third-order valence-corrected chi connectivity index (χ3v) is 8.19. The smallest absolute Gasteiger partial charge is 0.0593 e. The van der Waals surface area contributed by atoms with Crippen molar-refractivity contribution in [2.75, 3.05) is 202 Å². The number of β-amino-alcohol motifs (C(OH)–C–C–N with tert-alkyl or cyclic N) is 2. The molecule has 2 rings (SSSR count). The van der Waals surface area contributed by atoms with Crippen molar-refractivity contribution in [3.63, 3.8) is 0 Å². The van der Waals surface area contributed by atoms with Crippen LogP contribution >= 0.6 is 0 Å². The zero-order chi connectivity index (χ0) is 38.4. The molecule has 0 unspecified atom stereocenters. The lowest BCUT2D eigenvalue weighted by Gasteiger charge is -2.25. The summed E-state index contributed by atoms with van der Waals surface area (Å²) in [5.41, 5.74) is 10.7. The van der Waals surface area contributed by atoms with Crippen LogP contribution in [0.2, 0.25) is 0 Å². The van der Waals surface area contributed by atoms with Gasteiger partial charge in [-0.3, -0.25) is 0 Å². The molecule has 0 spiro atoms. The van der Waals surface area contributed by atoms with Gasteiger partial charge < -0.3 is 65.6 Å². The van der Waals surface area contributed by atoms with Crippen molar-refractivity contribution >= 4 is 0 Å². The standard InChI is InChI=1S/C9H23N3.C8H20N2O.C7H19N3.C7H15NO.C6H13NO/c1-10(2)6-8-12(5)9-7-11(3)4;1-9(2)5-7-11-8-6-10(3)4;1-10(6-2-4-8)7-3-5-9;9-7-6-8-4-2-1-3-5-8;8-6-5-7-3-1-2-4-7/h6-9H2,1-5H3;5-8H2,1-4H3;2-9H2,1H3;9H,1-7H2;8H,1-6H2. The Bertz CT molecular complexity index is 592. The number of piperidine rings is 1. The summed E-state index contributed by atoms with van der Waals surface area (Å²) in [5, 5.41) is 17.1. The van der Waals surface area contributed by atoms with E-state index in [1.807, 2.05) is 0 Å². The summed E-state index contributed by atoms with van der Waals surface area (Å²) in [7, 11) is 20.9. The summed E-state index contributed by atoms with van der Waals surface area (Å²) in [6, 6.07) is 0. The van der Waals surface area contributed by atoms with E-state index in [0.29, 0.717) is 13.2 Å². The first-order valence-corrected chi connectivity index (χ1v) is 19.4. The first-order chi connectivity index (χ1) is 23.8. The molecule has 13 heteroatoms. The number of rotatable bonds is 22. The number of aliphatic hydroxyl groups is 2. The normalized spacial score (nSPS) is 15.1. The molecule has 0 radical (unpaired) electrons. The summed E-state index contributed by atoms with van der Waals surface area (Å²) in [6.45, 7) is 19.2. The summed E-state index contributed by atoms with van der Waals surface area (Å²) >= 11 is 0. The lowest BCUT2D eigenvalue weighted by Crippen LogP contribution is -2.33. The molecule has 0 aromatic rings. The number of ether oxygens (including phenoxy) is 1. The van der Waals surface area contributed by atoms with Crippen molar-refractivity contribution in [3.05, 3.63) is 0 Å². The molecule has 13 nitrogen and oxygen atoms in total. The summed E-state index contributed by atoms with van der Waals surface area (Å²) in [6.07, 6.45) is 8.82. The predicted octanol–water partition coefficient (Wildman–Crippen LogP) is 0.322. The number of likely N-dealkylation sites (N-methyl/N-ethyl adjacent to an activating group) is 5. The van der Waals surface area contributed by atoms with Crippen molar-refractivity contribution in [1.82, 2.24) is 39.2 Å². The van der Waals surface area contributed by atoms with E-state index in [0.717, 1.165) is 105 Å². The lowest BCUT2D eigenvalue weighted by atomic mass is 10.1. The fourth-order valence-corrected chi connectivity index (χ4v) is 4.76. The average Bonchev–Trinajstić information content (AvgIpc) is 3.59. The van der Waals surface area contributed by atoms with Crippen molar-refractivity contribution in [2.24, 2.45) is 11.5 Å². The lowest BCUT2D eigenvalue weighted by molar-refractivity contribution is 0.104. The number of hydrogen-bond donors (Lipinski definition) is 4. The fraction of sp³-hybridized carbons (Fsp3) is 1.00. The Balaban J connectivity index is -0.000000555. The minimum Gasteiger partial charge on any atom is -0.395 e. The Labute approximate surface area is 311 Å². The minimum absolute atomic E-state index is 0.319. The maximum absolute atomic E-state index is 8.58. The van der Waals surface area contributed by atoms with Crippen LogP contribution in [0.25, 0.3) is 0 Å². The summed E-state index contributed by atoms with van der Waals surface area (Å²) < 4.78 is 5.37. The highest BCUT2D eigenvalue weighted by Crippen LogP contribution is 2.07. The Morgan fingerprint density at radius 1 is 0.460 bits per heavy atom. The Hall–Kier alpha value is -0.520. The van der Waals surface area contributed by atoms with Gasteiger partial charge in [0, 0.05) is 52.4 Å². The molecule has 0 amide bonds. The first-order valence-electron chi connectivity index (χ1n) is 19.4. The second-order valence-corrected chi connectivity index (χ2v) is 14.6. The molecule has 306 valence electrons. The molecule has 0 aromatic heterocycles. The molecule has 2 heterocycles. The molecule has 6 N–H and O–H groups in total. The largest absolute Gasteiger partial charge is 0.395 e. The predicted molar refractivity (Wildman–Crippen MR) is 218 cm³/mol. The molecule has 2 aliphatic rings. The minimum atomic E-state index is 0.319. The van der Waals surface area contributed by atoms with E-state index in [1.54, 1.807) is 0 Å². The molecular weight excluding hydrogens is 632 g/mol. The van der Waals surface area contributed by atoms with Gasteiger partial charge in [0.2, 0.25) is 0 Å². The molecule has 2 fully saturated rings. The molecule has 0 bridgehead atoms. The molecule has 0 aliphatic carbocycles. The number of likely N-dealkylation sites (tertiary alicyclic amines) is 2. The van der Waals surface area contributed by atoms with Crippen LogP contribution in [0.1, 0.15) is 44.9 Å². The Kier molecular flexibility index (Phi) is 44.4. The zero-order valence-electron chi connectivity index (χ0n) is 35.1. The Morgan fingerprint density at radius 2 is 0.780 bits per heavy atom. The van der Waals surface area contributed by atoms with Crippen molar-refractivity contribution in [3.8, 4) is 0 Å². The van der Waals surface area contributed by atoms with Gasteiger partial charge in [0.25, 0.3) is 0 Å². The van der Waals surface area contributed by atoms with Crippen LogP contribution in [0.15, 0.2) is 0 Å². The van der Waals surface area contributed by atoms with Gasteiger partial charge in [0.05, 0.1) is 26.4 Å². The molecule has 2 aliphatic heterocycles. The van der Waals surface area contributed by atoms with Gasteiger partial charge in [-0.25, -0.2) is 0 Å². The van der Waals surface area contributed by atoms with E-state index in [4.69, 9.17) is 26.4 Å². The SMILES string of the molecule is CN(C)CCN(C)CCN(C)C.CN(C)CCOCCN(C)C.CN(CCCN)CCCN.OCCN1CCCC1.OCCN1CCCCC1. The molecular formula is C37H90N10O3. The van der Waals surface area contributed by atoms with Crippen LogP contribution in [0.4, 0.5) is 0 Å². The topological polar surface area (TPSA) is 128 Å². The van der Waals surface area contributed by atoms with Crippen LogP contribution in [0, 0.1) is 0 Å². The highest BCUT2D eigenvalue weighted by Gasteiger charge is 2.09. The zero-order valence-corrected chi connectivity index (χ0v) is 35.1. The summed E-state index contributed by atoms with van der Waals surface area (Å²) in [5.74, 6) is 0. The van der Waals surface area contributed by atoms with Crippen molar-refractivity contribution in [2.45, 2.75) is 44.9 Å². The maximum Gasteiger partial charge on any atom is 0.0593 e. The maximum atomic E-state index is 8.58. The third kappa shape index (κ3) is 47.5. The van der Waals surface area contributed by atoms with Gasteiger partial charge in [0.15, 0.2) is 0 Å². The molecule has 0 aromatic carbocycles. The van der Waals surface area contributed by atoms with Gasteiger partial charge >= 0.3 is 0 Å². The van der Waals surface area contributed by atoms with E-state index in [2.05, 4.69) is 110 Å². The molecule has 50 heavy (non-hydrogen) atoms. The van der Waals surface area contributed by atoms with E-state index >= 15 is 0 Å². The quantitative estimate of drug-likeness (QED) is 0.115. The van der Waals surface area contributed by atoms with E-state index < -0.39 is 0 Å². The number of nitrogens with two attached hydrogens (primary N) is 2. The van der Waals surface area contributed by atoms with Crippen LogP contribution in [0.3, 0.4) is 0 Å². The first kappa shape index (κ1) is 53.8. The number of hydrogen-bond acceptors (Lipinski definition) is 13. The second kappa shape index (κ2) is 41.2. The van der Waals surface area contributed by atoms with Crippen molar-refractivity contribution < 1.29 is 14.9 Å². The van der Waals surface area contributed by atoms with E-state index in [1.165, 1.54) is 58.3 Å². The highest BCUT2D eigenvalue weighted by molar-refractivity contribution is 4.65. The highest BCUT2D eigenvalue weighted by atomic mass is 16.5. The van der Waals surface area contributed by atoms with Crippen LogP contribution in [0.5, 0.6) is 0 Å². The van der Waals surface area contributed by atoms with Crippen LogP contribution in [-0.2, 0) is 4.74 Å². The molecule has 2 saturated heterocycles.